The van der Waals surface area contributed by atoms with Crippen molar-refractivity contribution >= 4 is 11.6 Å². The van der Waals surface area contributed by atoms with E-state index in [1.54, 1.807) is 19.2 Å². The molecule has 0 radical (unpaired) electrons. The summed E-state index contributed by atoms with van der Waals surface area (Å²) in [5.74, 6) is -0.287. The third-order valence-corrected chi connectivity index (χ3v) is 2.67. The number of carbonyl (C=O) groups excluding carboxylic acids is 1. The first-order valence-electron chi connectivity index (χ1n) is 5.83. The van der Waals surface area contributed by atoms with Crippen molar-refractivity contribution < 1.29 is 9.72 Å². The molecule has 0 saturated heterocycles. The maximum Gasteiger partial charge on any atom is 0.274 e. The van der Waals surface area contributed by atoms with Crippen molar-refractivity contribution in [2.24, 2.45) is 0 Å². The van der Waals surface area contributed by atoms with Gasteiger partial charge in [-0.15, -0.1) is 0 Å². The average molecular weight is 272 g/mol. The number of nitro benzene ring substituents is 1. The second-order valence-corrected chi connectivity index (χ2v) is 4.18. The summed E-state index contributed by atoms with van der Waals surface area (Å²) >= 11 is 0. The number of benzene rings is 1. The Balaban J connectivity index is 2.12. The minimum absolute atomic E-state index is 0.00264. The summed E-state index contributed by atoms with van der Waals surface area (Å²) in [5.41, 5.74) is 0.919. The van der Waals surface area contributed by atoms with Crippen LogP contribution >= 0.6 is 0 Å². The van der Waals surface area contributed by atoms with Crippen LogP contribution in [0.15, 0.2) is 42.9 Å². The molecule has 0 bridgehead atoms. The zero-order valence-electron chi connectivity index (χ0n) is 10.8. The van der Waals surface area contributed by atoms with Gasteiger partial charge in [0.1, 0.15) is 5.69 Å². The van der Waals surface area contributed by atoms with E-state index in [0.29, 0.717) is 5.56 Å². The Morgan fingerprint density at radius 3 is 2.85 bits per heavy atom. The predicted molar refractivity (Wildman–Crippen MR) is 70.9 cm³/mol. The average Bonchev–Trinajstić information content (AvgIpc) is 2.47. The molecule has 0 N–H and O–H groups in total. The lowest BCUT2D eigenvalue weighted by Crippen LogP contribution is -2.27. The Hall–Kier alpha value is -2.83. The zero-order valence-corrected chi connectivity index (χ0v) is 10.8. The molecule has 0 fully saturated rings. The summed E-state index contributed by atoms with van der Waals surface area (Å²) in [6, 6.07) is 6.18. The lowest BCUT2D eigenvalue weighted by Gasteiger charge is -2.16. The summed E-state index contributed by atoms with van der Waals surface area (Å²) in [5, 5.41) is 10.7. The van der Waals surface area contributed by atoms with E-state index in [1.165, 1.54) is 35.6 Å². The van der Waals surface area contributed by atoms with Gasteiger partial charge in [-0.25, -0.2) is 4.98 Å². The second-order valence-electron chi connectivity index (χ2n) is 4.18. The van der Waals surface area contributed by atoms with Crippen molar-refractivity contribution in [3.05, 3.63) is 64.2 Å². The zero-order chi connectivity index (χ0) is 14.5. The fraction of sp³-hybridized carbons (Fsp3) is 0.154. The number of hydrogen-bond acceptors (Lipinski definition) is 5. The van der Waals surface area contributed by atoms with E-state index in [2.05, 4.69) is 9.97 Å². The molecule has 0 aliphatic carbocycles. The minimum Gasteiger partial charge on any atom is -0.336 e. The van der Waals surface area contributed by atoms with E-state index in [-0.39, 0.29) is 23.8 Å². The van der Waals surface area contributed by atoms with Gasteiger partial charge in [-0.1, -0.05) is 12.1 Å². The van der Waals surface area contributed by atoms with Crippen molar-refractivity contribution in [3.8, 4) is 0 Å². The van der Waals surface area contributed by atoms with Crippen LogP contribution in [0.1, 0.15) is 16.1 Å². The normalized spacial score (nSPS) is 10.1. The fourth-order valence-corrected chi connectivity index (χ4v) is 1.72. The Morgan fingerprint density at radius 2 is 2.20 bits per heavy atom. The first-order valence-corrected chi connectivity index (χ1v) is 5.83. The van der Waals surface area contributed by atoms with E-state index >= 15 is 0 Å². The molecule has 2 aromatic rings. The van der Waals surface area contributed by atoms with E-state index in [4.69, 9.17) is 0 Å². The smallest absolute Gasteiger partial charge is 0.274 e. The van der Waals surface area contributed by atoms with E-state index in [0.717, 1.165) is 0 Å². The summed E-state index contributed by atoms with van der Waals surface area (Å²) in [4.78, 5) is 31.5. The molecule has 0 spiro atoms. The van der Waals surface area contributed by atoms with Gasteiger partial charge in [0.05, 0.1) is 11.1 Å². The Labute approximate surface area is 115 Å². The van der Waals surface area contributed by atoms with Crippen molar-refractivity contribution in [1.29, 1.82) is 0 Å². The molecule has 20 heavy (non-hydrogen) atoms. The molecular formula is C13H12N4O3. The standard InChI is InChI=1S/C13H12N4O3/c1-16(13(18)12-8-14-5-6-15-12)9-10-3-2-4-11(7-10)17(19)20/h2-8H,9H2,1H3. The molecule has 0 atom stereocenters. The molecule has 1 aromatic carbocycles. The third kappa shape index (κ3) is 3.14. The molecule has 2 rings (SSSR count). The Bertz CT molecular complexity index is 631. The van der Waals surface area contributed by atoms with Crippen LogP contribution in [0.25, 0.3) is 0 Å². The molecule has 7 heteroatoms. The highest BCUT2D eigenvalue weighted by atomic mass is 16.6. The van der Waals surface area contributed by atoms with Gasteiger partial charge in [0, 0.05) is 38.1 Å². The quantitative estimate of drug-likeness (QED) is 0.623. The van der Waals surface area contributed by atoms with Crippen LogP contribution in [0.4, 0.5) is 5.69 Å². The van der Waals surface area contributed by atoms with Gasteiger partial charge in [-0.05, 0) is 5.56 Å². The van der Waals surface area contributed by atoms with Crippen LogP contribution in [0, 0.1) is 10.1 Å². The Morgan fingerprint density at radius 1 is 1.40 bits per heavy atom. The lowest BCUT2D eigenvalue weighted by molar-refractivity contribution is -0.384. The lowest BCUT2D eigenvalue weighted by atomic mass is 10.2. The van der Waals surface area contributed by atoms with E-state index in [9.17, 15) is 14.9 Å². The van der Waals surface area contributed by atoms with E-state index < -0.39 is 4.92 Å². The van der Waals surface area contributed by atoms with Crippen LogP contribution in [-0.4, -0.2) is 32.7 Å². The monoisotopic (exact) mass is 272 g/mol. The number of hydrogen-bond donors (Lipinski definition) is 0. The molecule has 7 nitrogen and oxygen atoms in total. The highest BCUT2D eigenvalue weighted by Gasteiger charge is 2.14. The minimum atomic E-state index is -0.464. The van der Waals surface area contributed by atoms with Crippen LogP contribution in [0.3, 0.4) is 0 Å². The number of nitrogens with zero attached hydrogens (tertiary/aromatic N) is 4. The van der Waals surface area contributed by atoms with Crippen molar-refractivity contribution in [3.63, 3.8) is 0 Å². The molecule has 0 aliphatic heterocycles. The van der Waals surface area contributed by atoms with Gasteiger partial charge < -0.3 is 4.90 Å². The largest absolute Gasteiger partial charge is 0.336 e. The maximum absolute atomic E-state index is 12.1. The first kappa shape index (κ1) is 13.6. The number of nitro groups is 1. The highest BCUT2D eigenvalue weighted by molar-refractivity contribution is 5.91. The van der Waals surface area contributed by atoms with Crippen LogP contribution < -0.4 is 0 Å². The molecule has 1 amide bonds. The summed E-state index contributed by atoms with van der Waals surface area (Å²) in [7, 11) is 1.61. The number of aromatic nitrogens is 2. The van der Waals surface area contributed by atoms with E-state index in [1.807, 2.05) is 0 Å². The fourth-order valence-electron chi connectivity index (χ4n) is 1.72. The molecule has 0 unspecified atom stereocenters. The first-order chi connectivity index (χ1) is 9.58. The summed E-state index contributed by atoms with van der Waals surface area (Å²) in [6.45, 7) is 0.261. The molecule has 0 aliphatic rings. The third-order valence-electron chi connectivity index (χ3n) is 2.67. The number of amides is 1. The van der Waals surface area contributed by atoms with Gasteiger partial charge in [-0.2, -0.15) is 0 Å². The predicted octanol–water partition coefficient (Wildman–Crippen LogP) is 1.66. The van der Waals surface area contributed by atoms with Gasteiger partial charge in [0.2, 0.25) is 0 Å². The van der Waals surface area contributed by atoms with Gasteiger partial charge in [-0.3, -0.25) is 19.9 Å². The second kappa shape index (κ2) is 5.87. The van der Waals surface area contributed by atoms with Crippen LogP contribution in [-0.2, 0) is 6.54 Å². The number of rotatable bonds is 4. The molecule has 102 valence electrons. The molecule has 1 heterocycles. The van der Waals surface area contributed by atoms with Crippen molar-refractivity contribution in [1.82, 2.24) is 14.9 Å². The summed E-state index contributed by atoms with van der Waals surface area (Å²) < 4.78 is 0. The van der Waals surface area contributed by atoms with Gasteiger partial charge in [0.15, 0.2) is 0 Å². The topological polar surface area (TPSA) is 89.2 Å². The maximum atomic E-state index is 12.1. The molecule has 1 aromatic heterocycles. The number of carbonyl (C=O) groups is 1. The van der Waals surface area contributed by atoms with Gasteiger partial charge >= 0.3 is 0 Å². The van der Waals surface area contributed by atoms with Crippen molar-refractivity contribution in [2.75, 3.05) is 7.05 Å². The summed E-state index contributed by atoms with van der Waals surface area (Å²) in [6.07, 6.45) is 4.30. The number of non-ortho nitro benzene ring substituents is 1. The van der Waals surface area contributed by atoms with Gasteiger partial charge in [0.25, 0.3) is 11.6 Å². The molecular weight excluding hydrogens is 260 g/mol. The molecule has 0 saturated carbocycles. The van der Waals surface area contributed by atoms with Crippen molar-refractivity contribution in [2.45, 2.75) is 6.54 Å². The highest BCUT2D eigenvalue weighted by Crippen LogP contribution is 2.14. The van der Waals surface area contributed by atoms with Crippen LogP contribution in [0.5, 0.6) is 0 Å². The SMILES string of the molecule is CN(Cc1cccc([N+](=O)[O-])c1)C(=O)c1cnccn1. The Kier molecular flexibility index (Phi) is 3.99. The van der Waals surface area contributed by atoms with Crippen LogP contribution in [0.2, 0.25) is 0 Å².